The second-order valence-electron chi connectivity index (χ2n) is 9.91. The number of halogens is 3. The van der Waals surface area contributed by atoms with E-state index in [1.807, 2.05) is 37.6 Å². The number of nitrogens with zero attached hydrogens (tertiary/aromatic N) is 2. The molecule has 0 bridgehead atoms. The number of alkyl halides is 3. The third-order valence-electron chi connectivity index (χ3n) is 7.06. The van der Waals surface area contributed by atoms with Crippen molar-refractivity contribution in [1.82, 2.24) is 0 Å². The predicted molar refractivity (Wildman–Crippen MR) is 125 cm³/mol. The highest BCUT2D eigenvalue weighted by Crippen LogP contribution is 2.47. The van der Waals surface area contributed by atoms with Gasteiger partial charge in [0.25, 0.3) is 0 Å². The summed E-state index contributed by atoms with van der Waals surface area (Å²) in [5, 5.41) is 0. The number of benzene rings is 2. The Morgan fingerprint density at radius 1 is 0.938 bits per heavy atom. The van der Waals surface area contributed by atoms with Crippen LogP contribution in [0, 0.1) is 6.92 Å². The second-order valence-corrected chi connectivity index (χ2v) is 9.91. The average molecular weight is 440 g/mol. The highest BCUT2D eigenvalue weighted by Gasteiger charge is 2.45. The zero-order valence-electron chi connectivity index (χ0n) is 19.7. The van der Waals surface area contributed by atoms with Crippen molar-refractivity contribution in [2.45, 2.75) is 51.6 Å². The van der Waals surface area contributed by atoms with Gasteiger partial charge in [0.1, 0.15) is 7.05 Å². The van der Waals surface area contributed by atoms with Gasteiger partial charge in [0.15, 0.2) is 5.71 Å². The van der Waals surface area contributed by atoms with Crippen LogP contribution in [0.25, 0.3) is 0 Å². The lowest BCUT2D eigenvalue weighted by Crippen LogP contribution is -2.27. The van der Waals surface area contributed by atoms with Crippen molar-refractivity contribution in [2.24, 2.45) is 0 Å². The van der Waals surface area contributed by atoms with Crippen LogP contribution in [0.5, 0.6) is 0 Å². The Kier molecular flexibility index (Phi) is 4.96. The third-order valence-corrected chi connectivity index (χ3v) is 7.06. The molecule has 0 saturated carbocycles. The fourth-order valence-corrected chi connectivity index (χ4v) is 5.19. The van der Waals surface area contributed by atoms with Gasteiger partial charge in [-0.05, 0) is 50.6 Å². The van der Waals surface area contributed by atoms with Gasteiger partial charge in [0, 0.05) is 41.6 Å². The summed E-state index contributed by atoms with van der Waals surface area (Å²) in [5.74, 6) is 0. The van der Waals surface area contributed by atoms with E-state index in [4.69, 9.17) is 0 Å². The van der Waals surface area contributed by atoms with Gasteiger partial charge in [-0.2, -0.15) is 17.7 Å². The first-order chi connectivity index (χ1) is 14.8. The molecule has 0 amide bonds. The fraction of sp³-hybridized carbons (Fsp3) is 0.370. The van der Waals surface area contributed by atoms with Gasteiger partial charge >= 0.3 is 6.18 Å². The first-order valence-electron chi connectivity index (χ1n) is 10.8. The van der Waals surface area contributed by atoms with Gasteiger partial charge in [-0.1, -0.05) is 37.6 Å². The van der Waals surface area contributed by atoms with E-state index in [2.05, 4.69) is 57.0 Å². The average Bonchev–Trinajstić information content (AvgIpc) is 3.00. The molecule has 5 heteroatoms. The normalized spacial score (nSPS) is 20.4. The third kappa shape index (κ3) is 3.30. The summed E-state index contributed by atoms with van der Waals surface area (Å²) in [4.78, 5) is 2.22. The van der Waals surface area contributed by atoms with Crippen molar-refractivity contribution in [2.75, 3.05) is 19.0 Å². The minimum Gasteiger partial charge on any atom is -0.347 e. The number of aryl methyl sites for hydroxylation is 1. The molecule has 2 aliphatic rings. The van der Waals surface area contributed by atoms with E-state index in [0.717, 1.165) is 17.5 Å². The zero-order valence-corrected chi connectivity index (χ0v) is 19.7. The molecule has 168 valence electrons. The van der Waals surface area contributed by atoms with Crippen LogP contribution in [0.15, 0.2) is 60.3 Å². The molecular formula is C27H30F3N2+. The SMILES string of the molecule is Cc1ccc2c(c1)C(C)(C)C(=CC=CC1=[N+](C)c3ccc(C(F)(F)F)cc3C1(C)C)N2C. The van der Waals surface area contributed by atoms with Crippen LogP contribution in [0.4, 0.5) is 24.5 Å². The topological polar surface area (TPSA) is 6.25 Å². The number of hydrogen-bond acceptors (Lipinski definition) is 1. The molecule has 0 atom stereocenters. The molecule has 0 aliphatic carbocycles. The molecule has 0 aromatic heterocycles. The summed E-state index contributed by atoms with van der Waals surface area (Å²) in [6.07, 6.45) is 1.82. The van der Waals surface area contributed by atoms with Crippen LogP contribution in [-0.2, 0) is 17.0 Å². The van der Waals surface area contributed by atoms with Crippen LogP contribution in [0.3, 0.4) is 0 Å². The number of hydrogen-bond donors (Lipinski definition) is 0. The highest BCUT2D eigenvalue weighted by atomic mass is 19.4. The molecule has 0 fully saturated rings. The maximum Gasteiger partial charge on any atom is 0.416 e. The number of fused-ring (bicyclic) bond motifs is 2. The Labute approximate surface area is 188 Å². The molecule has 0 saturated heterocycles. The lowest BCUT2D eigenvalue weighted by Gasteiger charge is -2.23. The summed E-state index contributed by atoms with van der Waals surface area (Å²) in [5.41, 5.74) is 6.15. The summed E-state index contributed by atoms with van der Waals surface area (Å²) < 4.78 is 41.8. The summed E-state index contributed by atoms with van der Waals surface area (Å²) >= 11 is 0. The molecule has 0 unspecified atom stereocenters. The van der Waals surface area contributed by atoms with Crippen molar-refractivity contribution in [3.8, 4) is 0 Å². The Bertz CT molecular complexity index is 1190. The molecule has 0 spiro atoms. The van der Waals surface area contributed by atoms with Gasteiger partial charge in [0.2, 0.25) is 5.69 Å². The van der Waals surface area contributed by atoms with Crippen LogP contribution in [0.2, 0.25) is 0 Å². The van der Waals surface area contributed by atoms with E-state index in [-0.39, 0.29) is 5.41 Å². The van der Waals surface area contributed by atoms with E-state index < -0.39 is 17.2 Å². The summed E-state index contributed by atoms with van der Waals surface area (Å²) in [6, 6.07) is 10.6. The smallest absolute Gasteiger partial charge is 0.347 e. The first kappa shape index (κ1) is 22.4. The Morgan fingerprint density at radius 3 is 2.28 bits per heavy atom. The van der Waals surface area contributed by atoms with Crippen LogP contribution in [0.1, 0.15) is 49.9 Å². The van der Waals surface area contributed by atoms with E-state index in [0.29, 0.717) is 5.56 Å². The van der Waals surface area contributed by atoms with Crippen molar-refractivity contribution < 1.29 is 17.7 Å². The minimum absolute atomic E-state index is 0.132. The summed E-state index contributed by atoms with van der Waals surface area (Å²) in [7, 11) is 3.99. The summed E-state index contributed by atoms with van der Waals surface area (Å²) in [6.45, 7) is 10.5. The largest absolute Gasteiger partial charge is 0.416 e. The second kappa shape index (κ2) is 7.09. The quantitative estimate of drug-likeness (QED) is 0.462. The van der Waals surface area contributed by atoms with Gasteiger partial charge in [-0.15, -0.1) is 0 Å². The minimum atomic E-state index is -4.35. The molecule has 2 aromatic rings. The van der Waals surface area contributed by atoms with Gasteiger partial charge in [-0.25, -0.2) is 0 Å². The maximum absolute atomic E-state index is 13.3. The van der Waals surface area contributed by atoms with Crippen LogP contribution in [-0.4, -0.2) is 24.4 Å². The van der Waals surface area contributed by atoms with Crippen molar-refractivity contribution in [3.05, 3.63) is 82.6 Å². The monoisotopic (exact) mass is 439 g/mol. The highest BCUT2D eigenvalue weighted by molar-refractivity contribution is 6.03. The molecule has 2 nitrogen and oxygen atoms in total. The van der Waals surface area contributed by atoms with E-state index in [1.54, 1.807) is 6.07 Å². The van der Waals surface area contributed by atoms with Crippen LogP contribution >= 0.6 is 0 Å². The molecule has 32 heavy (non-hydrogen) atoms. The molecule has 2 aromatic carbocycles. The van der Waals surface area contributed by atoms with Gasteiger partial charge in [0.05, 0.1) is 11.0 Å². The van der Waals surface area contributed by atoms with Crippen molar-refractivity contribution in [3.63, 3.8) is 0 Å². The Morgan fingerprint density at radius 2 is 1.62 bits per heavy atom. The van der Waals surface area contributed by atoms with E-state index in [9.17, 15) is 13.2 Å². The standard InChI is InChI=1S/C27H30F3N2/c1-17-11-13-21-19(15-17)25(2,3)23(31(21)6)9-8-10-24-26(4,5)20-16-18(27(28,29)30)12-14-22(20)32(24)7/h8-16H,1-7H3/q+1. The van der Waals surface area contributed by atoms with Gasteiger partial charge < -0.3 is 4.90 Å². The number of allylic oxidation sites excluding steroid dienone is 4. The molecule has 0 radical (unpaired) electrons. The van der Waals surface area contributed by atoms with Crippen molar-refractivity contribution >= 4 is 17.1 Å². The predicted octanol–water partition coefficient (Wildman–Crippen LogP) is 6.89. The first-order valence-corrected chi connectivity index (χ1v) is 10.8. The number of likely N-dealkylation sites (N-methyl/N-ethyl adjacent to an activating group) is 1. The molecular weight excluding hydrogens is 409 g/mol. The fourth-order valence-electron chi connectivity index (χ4n) is 5.19. The van der Waals surface area contributed by atoms with Crippen LogP contribution < -0.4 is 4.90 Å². The molecule has 0 N–H and O–H groups in total. The lowest BCUT2D eigenvalue weighted by atomic mass is 9.80. The molecule has 4 rings (SSSR count). The maximum atomic E-state index is 13.3. The Hall–Kier alpha value is -2.82. The van der Waals surface area contributed by atoms with Gasteiger partial charge in [-0.3, -0.25) is 0 Å². The van der Waals surface area contributed by atoms with E-state index >= 15 is 0 Å². The zero-order chi connectivity index (χ0) is 23.6. The number of rotatable bonds is 2. The molecule has 2 heterocycles. The van der Waals surface area contributed by atoms with Crippen molar-refractivity contribution in [1.29, 1.82) is 0 Å². The molecule has 2 aliphatic heterocycles. The number of anilines is 1. The Balaban J connectivity index is 1.70. The van der Waals surface area contributed by atoms with E-state index in [1.165, 1.54) is 28.6 Å². The lowest BCUT2D eigenvalue weighted by molar-refractivity contribution is -0.401.